The van der Waals surface area contributed by atoms with Crippen LogP contribution in [0.4, 0.5) is 15.1 Å². The molecule has 1 amide bonds. The summed E-state index contributed by atoms with van der Waals surface area (Å²) in [6.45, 7) is 6.16. The molecule has 0 unspecified atom stereocenters. The Kier molecular flexibility index (Phi) is 8.68. The molecule has 3 aromatic carbocycles. The number of thiazole rings is 1. The fraction of sp³-hybridized carbons (Fsp3) is 0.200. The van der Waals surface area contributed by atoms with E-state index in [1.807, 2.05) is 18.2 Å². The van der Waals surface area contributed by atoms with Crippen molar-refractivity contribution in [3.63, 3.8) is 0 Å². The van der Waals surface area contributed by atoms with Crippen molar-refractivity contribution >= 4 is 71.9 Å². The number of halogens is 2. The lowest BCUT2D eigenvalue weighted by atomic mass is 10.0. The molecule has 42 heavy (non-hydrogen) atoms. The number of thiophene rings is 1. The zero-order valence-corrected chi connectivity index (χ0v) is 26.0. The van der Waals surface area contributed by atoms with E-state index < -0.39 is 15.8 Å². The third-order valence-electron chi connectivity index (χ3n) is 7.07. The lowest BCUT2D eigenvalue weighted by molar-refractivity contribution is 0.102. The number of anilines is 2. The van der Waals surface area contributed by atoms with Gasteiger partial charge in [0, 0.05) is 40.8 Å². The van der Waals surface area contributed by atoms with Crippen LogP contribution in [0.3, 0.4) is 0 Å². The summed E-state index contributed by atoms with van der Waals surface area (Å²) in [6.07, 6.45) is 0.883. The molecule has 3 heterocycles. The Morgan fingerprint density at radius 3 is 2.40 bits per heavy atom. The zero-order chi connectivity index (χ0) is 28.7. The molecule has 0 bridgehead atoms. The van der Waals surface area contributed by atoms with E-state index >= 15 is 0 Å². The van der Waals surface area contributed by atoms with E-state index in [1.165, 1.54) is 34.7 Å². The molecule has 12 heteroatoms. The standard InChI is InChI=1S/C30H27FN4O3S3.ClH/c1-18(2)35-16-15-23-26(17-35)40-30(27(23)29-32-24-5-3-4-6-25(24)39-29)33-28(36)19-7-11-21(12-8-19)34-41(37,38)22-13-9-20(31)10-14-22;/h3-14,18,34H,15-17H2,1-2H3,(H,33,36);1H. The van der Waals surface area contributed by atoms with E-state index in [2.05, 4.69) is 34.9 Å². The van der Waals surface area contributed by atoms with Crippen molar-refractivity contribution < 1.29 is 17.6 Å². The van der Waals surface area contributed by atoms with E-state index in [1.54, 1.807) is 34.8 Å². The highest BCUT2D eigenvalue weighted by Gasteiger charge is 2.28. The maximum Gasteiger partial charge on any atom is 0.261 e. The molecule has 0 radical (unpaired) electrons. The molecule has 0 fully saturated rings. The summed E-state index contributed by atoms with van der Waals surface area (Å²) in [6, 6.07) is 19.2. The molecule has 1 aliphatic heterocycles. The number of amides is 1. The summed E-state index contributed by atoms with van der Waals surface area (Å²) in [5.74, 6) is -0.811. The molecule has 1 aliphatic rings. The van der Waals surface area contributed by atoms with Gasteiger partial charge in [-0.25, -0.2) is 17.8 Å². The first-order chi connectivity index (χ1) is 19.7. The van der Waals surface area contributed by atoms with Crippen molar-refractivity contribution in [2.24, 2.45) is 0 Å². The number of carbonyl (C=O) groups excluding carboxylic acids is 1. The van der Waals surface area contributed by atoms with Crippen LogP contribution in [0, 0.1) is 5.82 Å². The normalized spacial score (nSPS) is 13.5. The van der Waals surface area contributed by atoms with Gasteiger partial charge in [-0.1, -0.05) is 12.1 Å². The lowest BCUT2D eigenvalue weighted by Gasteiger charge is -2.30. The lowest BCUT2D eigenvalue weighted by Crippen LogP contribution is -2.35. The minimum absolute atomic E-state index is 0. The minimum Gasteiger partial charge on any atom is -0.313 e. The van der Waals surface area contributed by atoms with Crippen LogP contribution < -0.4 is 10.0 Å². The fourth-order valence-electron chi connectivity index (χ4n) is 4.85. The molecule has 0 saturated heterocycles. The summed E-state index contributed by atoms with van der Waals surface area (Å²) >= 11 is 3.22. The smallest absolute Gasteiger partial charge is 0.261 e. The summed E-state index contributed by atoms with van der Waals surface area (Å²) in [7, 11) is -3.90. The quantitative estimate of drug-likeness (QED) is 0.193. The van der Waals surface area contributed by atoms with Crippen LogP contribution in [0.25, 0.3) is 20.8 Å². The Hall–Kier alpha value is -3.35. The third-order valence-corrected chi connectivity index (χ3v) is 10.7. The molecule has 0 saturated carbocycles. The first-order valence-corrected chi connectivity index (χ1v) is 16.2. The van der Waals surface area contributed by atoms with Crippen LogP contribution in [0.15, 0.2) is 77.7 Å². The van der Waals surface area contributed by atoms with Gasteiger partial charge in [-0.15, -0.1) is 35.1 Å². The number of nitrogens with one attached hydrogen (secondary N) is 2. The van der Waals surface area contributed by atoms with Gasteiger partial charge < -0.3 is 5.32 Å². The van der Waals surface area contributed by atoms with Gasteiger partial charge in [0.2, 0.25) is 0 Å². The predicted octanol–water partition coefficient (Wildman–Crippen LogP) is 7.41. The highest BCUT2D eigenvalue weighted by Crippen LogP contribution is 2.46. The summed E-state index contributed by atoms with van der Waals surface area (Å²) in [5.41, 5.74) is 3.85. The fourth-order valence-corrected chi connectivity index (χ4v) is 8.29. The number of carbonyl (C=O) groups is 1. The van der Waals surface area contributed by atoms with Gasteiger partial charge in [0.15, 0.2) is 0 Å². The number of aromatic nitrogens is 1. The number of rotatable bonds is 7. The van der Waals surface area contributed by atoms with Crippen molar-refractivity contribution in [2.75, 3.05) is 16.6 Å². The van der Waals surface area contributed by atoms with E-state index in [0.717, 1.165) is 57.4 Å². The topological polar surface area (TPSA) is 91.4 Å². The average molecular weight is 643 g/mol. The SMILES string of the molecule is CC(C)N1CCc2c(sc(NC(=O)c3ccc(NS(=O)(=O)c4ccc(F)cc4)cc3)c2-c2nc3ccccc3s2)C1.Cl. The van der Waals surface area contributed by atoms with Crippen LogP contribution in [-0.4, -0.2) is 36.8 Å². The van der Waals surface area contributed by atoms with Crippen molar-refractivity contribution in [1.82, 2.24) is 9.88 Å². The van der Waals surface area contributed by atoms with Crippen molar-refractivity contribution in [3.8, 4) is 10.6 Å². The number of hydrogen-bond acceptors (Lipinski definition) is 7. The molecule has 2 N–H and O–H groups in total. The van der Waals surface area contributed by atoms with Gasteiger partial charge in [-0.3, -0.25) is 14.4 Å². The average Bonchev–Trinajstić information content (AvgIpc) is 3.53. The van der Waals surface area contributed by atoms with Crippen LogP contribution >= 0.6 is 35.1 Å². The second-order valence-electron chi connectivity index (χ2n) is 10.1. The first-order valence-electron chi connectivity index (χ1n) is 13.1. The van der Waals surface area contributed by atoms with E-state index in [4.69, 9.17) is 4.98 Å². The first kappa shape index (κ1) is 30.1. The molecule has 0 spiro atoms. The van der Waals surface area contributed by atoms with E-state index in [-0.39, 0.29) is 23.2 Å². The predicted molar refractivity (Wildman–Crippen MR) is 171 cm³/mol. The van der Waals surface area contributed by atoms with Crippen LogP contribution in [0.1, 0.15) is 34.6 Å². The molecule has 0 atom stereocenters. The van der Waals surface area contributed by atoms with Crippen LogP contribution in [0.2, 0.25) is 0 Å². The molecule has 218 valence electrons. The van der Waals surface area contributed by atoms with Crippen LogP contribution in [-0.2, 0) is 23.0 Å². The zero-order valence-electron chi connectivity index (χ0n) is 22.8. The van der Waals surface area contributed by atoms with Crippen molar-refractivity contribution in [2.45, 2.75) is 37.8 Å². The number of sulfonamides is 1. The molecule has 6 rings (SSSR count). The highest BCUT2D eigenvalue weighted by atomic mass is 35.5. The Morgan fingerprint density at radius 2 is 1.71 bits per heavy atom. The molecular formula is C30H28ClFN4O3S3. The molecule has 2 aromatic heterocycles. The van der Waals surface area contributed by atoms with E-state index in [9.17, 15) is 17.6 Å². The number of para-hydroxylation sites is 1. The number of nitrogens with zero attached hydrogens (tertiary/aromatic N) is 2. The van der Waals surface area contributed by atoms with Crippen LogP contribution in [0.5, 0.6) is 0 Å². The summed E-state index contributed by atoms with van der Waals surface area (Å²) < 4.78 is 42.1. The maximum absolute atomic E-state index is 13.4. The molecule has 0 aliphatic carbocycles. The number of hydrogen-bond donors (Lipinski definition) is 2. The second kappa shape index (κ2) is 12.1. The summed E-state index contributed by atoms with van der Waals surface area (Å²) in [4.78, 5) is 21.9. The number of fused-ring (bicyclic) bond motifs is 2. The third kappa shape index (κ3) is 6.06. The molecule has 5 aromatic rings. The van der Waals surface area contributed by atoms with Gasteiger partial charge in [-0.2, -0.15) is 0 Å². The second-order valence-corrected chi connectivity index (χ2v) is 13.9. The Labute approximate surface area is 257 Å². The van der Waals surface area contributed by atoms with Crippen molar-refractivity contribution in [1.29, 1.82) is 0 Å². The van der Waals surface area contributed by atoms with Gasteiger partial charge in [0.25, 0.3) is 15.9 Å². The maximum atomic E-state index is 13.4. The Bertz CT molecular complexity index is 1820. The Morgan fingerprint density at radius 1 is 1.00 bits per heavy atom. The van der Waals surface area contributed by atoms with Gasteiger partial charge in [-0.05, 0) is 86.5 Å². The van der Waals surface area contributed by atoms with Gasteiger partial charge in [0.1, 0.15) is 15.8 Å². The molecule has 7 nitrogen and oxygen atoms in total. The van der Waals surface area contributed by atoms with Gasteiger partial charge in [0.05, 0.1) is 15.1 Å². The largest absolute Gasteiger partial charge is 0.313 e. The number of benzene rings is 3. The highest BCUT2D eigenvalue weighted by molar-refractivity contribution is 7.92. The van der Waals surface area contributed by atoms with Gasteiger partial charge >= 0.3 is 0 Å². The van der Waals surface area contributed by atoms with Crippen molar-refractivity contribution in [3.05, 3.63) is 94.6 Å². The monoisotopic (exact) mass is 642 g/mol. The molecular weight excluding hydrogens is 615 g/mol. The Balaban J connectivity index is 0.00000353. The summed E-state index contributed by atoms with van der Waals surface area (Å²) in [5, 5.41) is 4.78. The van der Waals surface area contributed by atoms with E-state index in [0.29, 0.717) is 17.3 Å². The minimum atomic E-state index is -3.90.